The van der Waals surface area contributed by atoms with Crippen LogP contribution in [0.4, 0.5) is 3.89 Å². The van der Waals surface area contributed by atoms with E-state index in [1.54, 1.807) is 12.1 Å². The number of hydrogen-bond acceptors (Lipinski definition) is 2. The zero-order valence-corrected chi connectivity index (χ0v) is 9.56. The van der Waals surface area contributed by atoms with Crippen LogP contribution in [-0.4, -0.2) is 8.42 Å². The Bertz CT molecular complexity index is 395. The molecule has 2 nitrogen and oxygen atoms in total. The van der Waals surface area contributed by atoms with Crippen LogP contribution in [0, 0.1) is 0 Å². The molecule has 0 aliphatic rings. The van der Waals surface area contributed by atoms with Gasteiger partial charge in [0.15, 0.2) is 0 Å². The van der Waals surface area contributed by atoms with Gasteiger partial charge in [-0.3, -0.25) is 0 Å². The molecule has 0 unspecified atom stereocenters. The summed E-state index contributed by atoms with van der Waals surface area (Å²) in [6.45, 7) is 2.12. The molecule has 0 N–H and O–H groups in total. The Hall–Kier alpha value is -0.900. The largest absolute Gasteiger partial charge is 0.332 e. The summed E-state index contributed by atoms with van der Waals surface area (Å²) in [6.07, 6.45) is 4.30. The first-order valence-corrected chi connectivity index (χ1v) is 6.46. The van der Waals surface area contributed by atoms with Gasteiger partial charge >= 0.3 is 10.2 Å². The van der Waals surface area contributed by atoms with Gasteiger partial charge in [0.2, 0.25) is 0 Å². The summed E-state index contributed by atoms with van der Waals surface area (Å²) >= 11 is 0. The Morgan fingerprint density at radius 2 is 1.73 bits per heavy atom. The zero-order valence-electron chi connectivity index (χ0n) is 8.74. The molecular weight excluding hydrogens is 215 g/mol. The molecule has 0 aliphatic heterocycles. The van der Waals surface area contributed by atoms with Crippen LogP contribution >= 0.6 is 0 Å². The predicted molar refractivity (Wildman–Crippen MR) is 58.0 cm³/mol. The molecule has 0 radical (unpaired) electrons. The van der Waals surface area contributed by atoms with Gasteiger partial charge in [-0.05, 0) is 30.5 Å². The highest BCUT2D eigenvalue weighted by atomic mass is 32.3. The second-order valence-electron chi connectivity index (χ2n) is 3.54. The van der Waals surface area contributed by atoms with Crippen molar-refractivity contribution >= 4 is 10.2 Å². The molecule has 15 heavy (non-hydrogen) atoms. The van der Waals surface area contributed by atoms with Gasteiger partial charge in [-0.1, -0.05) is 31.9 Å². The van der Waals surface area contributed by atoms with Crippen LogP contribution in [0.3, 0.4) is 0 Å². The van der Waals surface area contributed by atoms with E-state index in [2.05, 4.69) is 6.92 Å². The van der Waals surface area contributed by atoms with Crippen molar-refractivity contribution in [1.29, 1.82) is 0 Å². The Kier molecular flexibility index (Phi) is 4.27. The van der Waals surface area contributed by atoms with Gasteiger partial charge in [0, 0.05) is 0 Å². The summed E-state index contributed by atoms with van der Waals surface area (Å²) in [5, 5.41) is 0. The van der Waals surface area contributed by atoms with Crippen LogP contribution in [0.2, 0.25) is 0 Å². The molecule has 1 aromatic carbocycles. The lowest BCUT2D eigenvalue weighted by molar-refractivity contribution is 0.552. The highest BCUT2D eigenvalue weighted by molar-refractivity contribution is 7.86. The normalized spacial score (nSPS) is 11.6. The van der Waals surface area contributed by atoms with Crippen molar-refractivity contribution in [2.24, 2.45) is 0 Å². The lowest BCUT2D eigenvalue weighted by Crippen LogP contribution is -1.92. The molecule has 0 amide bonds. The van der Waals surface area contributed by atoms with Crippen LogP contribution in [0.15, 0.2) is 29.2 Å². The molecule has 0 aliphatic carbocycles. The lowest BCUT2D eigenvalue weighted by atomic mass is 10.1. The average Bonchev–Trinajstić information content (AvgIpc) is 2.18. The predicted octanol–water partition coefficient (Wildman–Crippen LogP) is 3.08. The third kappa shape index (κ3) is 4.00. The van der Waals surface area contributed by atoms with E-state index in [0.29, 0.717) is 0 Å². The van der Waals surface area contributed by atoms with Gasteiger partial charge in [0.05, 0.1) is 4.90 Å². The number of benzene rings is 1. The van der Waals surface area contributed by atoms with Crippen molar-refractivity contribution in [3.8, 4) is 0 Å². The second kappa shape index (κ2) is 5.26. The summed E-state index contributed by atoms with van der Waals surface area (Å²) in [4.78, 5) is -0.262. The van der Waals surface area contributed by atoms with Crippen LogP contribution in [0.1, 0.15) is 31.7 Å². The number of hydrogen-bond donors (Lipinski definition) is 0. The minimum absolute atomic E-state index is 0.262. The highest BCUT2D eigenvalue weighted by Crippen LogP contribution is 2.14. The topological polar surface area (TPSA) is 34.1 Å². The fourth-order valence-electron chi connectivity index (χ4n) is 1.40. The van der Waals surface area contributed by atoms with E-state index in [0.717, 1.165) is 31.2 Å². The summed E-state index contributed by atoms with van der Waals surface area (Å²) in [5.74, 6) is 0. The summed E-state index contributed by atoms with van der Waals surface area (Å²) in [6, 6.07) is 5.97. The standard InChI is InChI=1S/C11H15FO2S/c1-2-3-4-5-10-6-8-11(9-7-10)15(12,13)14/h6-9H,2-5H2,1H3. The first kappa shape index (κ1) is 12.2. The average molecular weight is 230 g/mol. The SMILES string of the molecule is CCCCCc1ccc(S(=O)(=O)F)cc1. The van der Waals surface area contributed by atoms with Gasteiger partial charge in [0.25, 0.3) is 0 Å². The quantitative estimate of drug-likeness (QED) is 0.575. The number of rotatable bonds is 5. The Balaban J connectivity index is 2.65. The van der Waals surface area contributed by atoms with Gasteiger partial charge in [-0.25, -0.2) is 0 Å². The summed E-state index contributed by atoms with van der Waals surface area (Å²) in [7, 11) is -4.54. The molecule has 0 bridgehead atoms. The third-order valence-corrected chi connectivity index (χ3v) is 3.11. The monoisotopic (exact) mass is 230 g/mol. The molecule has 0 saturated carbocycles. The Labute approximate surface area is 90.3 Å². The zero-order chi connectivity index (χ0) is 11.3. The van der Waals surface area contributed by atoms with Crippen molar-refractivity contribution < 1.29 is 12.3 Å². The molecule has 0 spiro atoms. The van der Waals surface area contributed by atoms with E-state index in [1.165, 1.54) is 12.1 Å². The Morgan fingerprint density at radius 1 is 1.13 bits per heavy atom. The maximum atomic E-state index is 12.5. The van der Waals surface area contributed by atoms with Crippen molar-refractivity contribution in [2.45, 2.75) is 37.5 Å². The van der Waals surface area contributed by atoms with E-state index in [9.17, 15) is 12.3 Å². The van der Waals surface area contributed by atoms with Crippen LogP contribution in [-0.2, 0) is 16.6 Å². The first-order valence-electron chi connectivity index (χ1n) is 5.07. The number of unbranched alkanes of at least 4 members (excludes halogenated alkanes) is 2. The second-order valence-corrected chi connectivity index (χ2v) is 4.89. The fourth-order valence-corrected chi connectivity index (χ4v) is 1.86. The van der Waals surface area contributed by atoms with E-state index < -0.39 is 10.2 Å². The molecular formula is C11H15FO2S. The van der Waals surface area contributed by atoms with Crippen molar-refractivity contribution in [2.75, 3.05) is 0 Å². The maximum absolute atomic E-state index is 12.5. The first-order chi connectivity index (χ1) is 7.04. The molecule has 4 heteroatoms. The van der Waals surface area contributed by atoms with Gasteiger partial charge in [-0.2, -0.15) is 8.42 Å². The smallest absolute Gasteiger partial charge is 0.189 e. The molecule has 1 aromatic rings. The van der Waals surface area contributed by atoms with Crippen molar-refractivity contribution in [1.82, 2.24) is 0 Å². The minimum Gasteiger partial charge on any atom is -0.189 e. The van der Waals surface area contributed by atoms with Crippen molar-refractivity contribution in [3.63, 3.8) is 0 Å². The Morgan fingerprint density at radius 3 is 2.20 bits per heavy atom. The molecule has 0 heterocycles. The van der Waals surface area contributed by atoms with Crippen LogP contribution in [0.5, 0.6) is 0 Å². The van der Waals surface area contributed by atoms with Crippen LogP contribution in [0.25, 0.3) is 0 Å². The molecule has 84 valence electrons. The van der Waals surface area contributed by atoms with E-state index in [-0.39, 0.29) is 4.90 Å². The molecule has 0 atom stereocenters. The van der Waals surface area contributed by atoms with Crippen LogP contribution < -0.4 is 0 Å². The number of aryl methyl sites for hydroxylation is 1. The summed E-state index contributed by atoms with van der Waals surface area (Å²) < 4.78 is 33.6. The molecule has 0 saturated heterocycles. The minimum atomic E-state index is -4.54. The molecule has 1 rings (SSSR count). The third-order valence-electron chi connectivity index (χ3n) is 2.27. The van der Waals surface area contributed by atoms with E-state index >= 15 is 0 Å². The van der Waals surface area contributed by atoms with E-state index in [1.807, 2.05) is 0 Å². The maximum Gasteiger partial charge on any atom is 0.332 e. The number of halogens is 1. The summed E-state index contributed by atoms with van der Waals surface area (Å²) in [5.41, 5.74) is 1.05. The van der Waals surface area contributed by atoms with Crippen molar-refractivity contribution in [3.05, 3.63) is 29.8 Å². The lowest BCUT2D eigenvalue weighted by Gasteiger charge is -2.01. The fraction of sp³-hybridized carbons (Fsp3) is 0.455. The van der Waals surface area contributed by atoms with Gasteiger partial charge in [-0.15, -0.1) is 3.89 Å². The van der Waals surface area contributed by atoms with E-state index in [4.69, 9.17) is 0 Å². The molecule has 0 aromatic heterocycles. The van der Waals surface area contributed by atoms with Gasteiger partial charge < -0.3 is 0 Å². The molecule has 0 fully saturated rings. The highest BCUT2D eigenvalue weighted by Gasteiger charge is 2.10. The van der Waals surface area contributed by atoms with Gasteiger partial charge in [0.1, 0.15) is 0 Å².